The number of carbonyl (C=O) groups is 1. The molecule has 0 radical (unpaired) electrons. The maximum Gasteiger partial charge on any atom is 0.257 e. The summed E-state index contributed by atoms with van der Waals surface area (Å²) in [4.78, 5) is 17.3. The van der Waals surface area contributed by atoms with Crippen molar-refractivity contribution < 1.29 is 4.79 Å². The van der Waals surface area contributed by atoms with Gasteiger partial charge in [-0.05, 0) is 33.2 Å². The number of aromatic nitrogens is 2. The first-order chi connectivity index (χ1) is 10.3. The Balaban J connectivity index is 2.25. The number of rotatable bonds is 3. The van der Waals surface area contributed by atoms with Crippen LogP contribution in [0.4, 0.5) is 0 Å². The molecule has 0 unspecified atom stereocenters. The predicted octanol–water partition coefficient (Wildman–Crippen LogP) is 2.54. The molecule has 1 saturated heterocycles. The van der Waals surface area contributed by atoms with Gasteiger partial charge in [0, 0.05) is 26.2 Å². The molecule has 22 heavy (non-hydrogen) atoms. The van der Waals surface area contributed by atoms with E-state index < -0.39 is 0 Å². The molecule has 1 aliphatic rings. The molecule has 0 aliphatic carbocycles. The molecule has 1 aromatic rings. The highest BCUT2D eigenvalue weighted by atomic mass is 16.2. The summed E-state index contributed by atoms with van der Waals surface area (Å²) in [5.74, 6) is 0.410. The Labute approximate surface area is 134 Å². The van der Waals surface area contributed by atoms with E-state index in [9.17, 15) is 4.79 Å². The van der Waals surface area contributed by atoms with Crippen LogP contribution in [0.1, 0.15) is 63.5 Å². The molecule has 0 spiro atoms. The number of piperazine rings is 1. The van der Waals surface area contributed by atoms with Crippen LogP contribution in [-0.2, 0) is 5.54 Å². The molecule has 0 N–H and O–H groups in total. The average Bonchev–Trinajstić information content (AvgIpc) is 2.91. The molecule has 1 amide bonds. The molecule has 2 rings (SSSR count). The van der Waals surface area contributed by atoms with E-state index in [0.29, 0.717) is 0 Å². The van der Waals surface area contributed by atoms with E-state index in [4.69, 9.17) is 0 Å². The Bertz CT molecular complexity index is 519. The van der Waals surface area contributed by atoms with Gasteiger partial charge in [-0.25, -0.2) is 0 Å². The standard InChI is InChI=1S/C17H30N4O/c1-7-19-8-10-20(11-9-19)16(22)14-12-18-21(17(4,5)6)15(14)13(2)3/h12-13H,7-11H2,1-6H3. The number of hydrogen-bond donors (Lipinski definition) is 0. The average molecular weight is 306 g/mol. The van der Waals surface area contributed by atoms with Crippen molar-refractivity contribution in [2.24, 2.45) is 0 Å². The highest BCUT2D eigenvalue weighted by Crippen LogP contribution is 2.26. The first-order valence-electron chi connectivity index (χ1n) is 8.35. The van der Waals surface area contributed by atoms with Crippen molar-refractivity contribution in [3.8, 4) is 0 Å². The van der Waals surface area contributed by atoms with Gasteiger partial charge in [0.2, 0.25) is 0 Å². The second-order valence-electron chi connectivity index (χ2n) is 7.41. The lowest BCUT2D eigenvalue weighted by Crippen LogP contribution is -2.48. The maximum absolute atomic E-state index is 12.9. The van der Waals surface area contributed by atoms with Crippen LogP contribution in [0.5, 0.6) is 0 Å². The molecule has 0 atom stereocenters. The van der Waals surface area contributed by atoms with Crippen molar-refractivity contribution in [3.63, 3.8) is 0 Å². The van der Waals surface area contributed by atoms with Crippen LogP contribution in [0.3, 0.4) is 0 Å². The second-order valence-corrected chi connectivity index (χ2v) is 7.41. The highest BCUT2D eigenvalue weighted by Gasteiger charge is 2.29. The minimum atomic E-state index is -0.112. The first kappa shape index (κ1) is 17.0. The van der Waals surface area contributed by atoms with Gasteiger partial charge in [0.25, 0.3) is 5.91 Å². The molecular weight excluding hydrogens is 276 g/mol. The van der Waals surface area contributed by atoms with E-state index in [1.54, 1.807) is 6.20 Å². The fourth-order valence-corrected chi connectivity index (χ4v) is 3.05. The molecule has 0 bridgehead atoms. The number of carbonyl (C=O) groups excluding carboxylic acids is 1. The fourth-order valence-electron chi connectivity index (χ4n) is 3.05. The van der Waals surface area contributed by atoms with Gasteiger partial charge in [-0.1, -0.05) is 20.8 Å². The normalized spacial score (nSPS) is 17.3. The molecule has 5 nitrogen and oxygen atoms in total. The largest absolute Gasteiger partial charge is 0.336 e. The number of nitrogens with zero attached hydrogens (tertiary/aromatic N) is 4. The summed E-state index contributed by atoms with van der Waals surface area (Å²) in [7, 11) is 0. The molecular formula is C17H30N4O. The molecule has 1 fully saturated rings. The van der Waals surface area contributed by atoms with Gasteiger partial charge < -0.3 is 9.80 Å². The molecule has 2 heterocycles. The third kappa shape index (κ3) is 3.35. The minimum absolute atomic E-state index is 0.112. The lowest BCUT2D eigenvalue weighted by Gasteiger charge is -2.34. The Morgan fingerprint density at radius 3 is 2.27 bits per heavy atom. The summed E-state index contributed by atoms with van der Waals surface area (Å²) >= 11 is 0. The number of likely N-dealkylation sites (N-methyl/N-ethyl adjacent to an activating group) is 1. The lowest BCUT2D eigenvalue weighted by molar-refractivity contribution is 0.0641. The van der Waals surface area contributed by atoms with Crippen LogP contribution < -0.4 is 0 Å². The second kappa shape index (κ2) is 6.41. The Morgan fingerprint density at radius 1 is 1.23 bits per heavy atom. The number of hydrogen-bond acceptors (Lipinski definition) is 3. The van der Waals surface area contributed by atoms with Crippen molar-refractivity contribution in [2.75, 3.05) is 32.7 Å². The van der Waals surface area contributed by atoms with Crippen molar-refractivity contribution in [3.05, 3.63) is 17.5 Å². The Hall–Kier alpha value is -1.36. The van der Waals surface area contributed by atoms with Crippen LogP contribution in [0.15, 0.2) is 6.20 Å². The van der Waals surface area contributed by atoms with Crippen molar-refractivity contribution >= 4 is 5.91 Å². The third-order valence-electron chi connectivity index (χ3n) is 4.33. The van der Waals surface area contributed by atoms with E-state index in [0.717, 1.165) is 44.0 Å². The van der Waals surface area contributed by atoms with E-state index >= 15 is 0 Å². The van der Waals surface area contributed by atoms with Gasteiger partial charge in [-0.15, -0.1) is 0 Å². The number of amides is 1. The maximum atomic E-state index is 12.9. The van der Waals surface area contributed by atoms with Crippen molar-refractivity contribution in [2.45, 2.75) is 53.0 Å². The third-order valence-corrected chi connectivity index (χ3v) is 4.33. The predicted molar refractivity (Wildman–Crippen MR) is 89.3 cm³/mol. The topological polar surface area (TPSA) is 41.4 Å². The van der Waals surface area contributed by atoms with E-state index in [1.807, 2.05) is 9.58 Å². The molecule has 1 aromatic heterocycles. The minimum Gasteiger partial charge on any atom is -0.336 e. The van der Waals surface area contributed by atoms with Crippen molar-refractivity contribution in [1.82, 2.24) is 19.6 Å². The smallest absolute Gasteiger partial charge is 0.257 e. The van der Waals surface area contributed by atoms with Crippen LogP contribution >= 0.6 is 0 Å². The van der Waals surface area contributed by atoms with E-state index in [1.165, 1.54) is 0 Å². The van der Waals surface area contributed by atoms with E-state index in [-0.39, 0.29) is 17.4 Å². The van der Waals surface area contributed by atoms with E-state index in [2.05, 4.69) is 51.5 Å². The summed E-state index contributed by atoms with van der Waals surface area (Å²) in [6, 6.07) is 0. The zero-order valence-corrected chi connectivity index (χ0v) is 14.9. The van der Waals surface area contributed by atoms with Gasteiger partial charge in [-0.3, -0.25) is 9.48 Å². The quantitative estimate of drug-likeness (QED) is 0.862. The zero-order chi connectivity index (χ0) is 16.5. The van der Waals surface area contributed by atoms with Gasteiger partial charge in [0.1, 0.15) is 0 Å². The molecule has 0 aromatic carbocycles. The van der Waals surface area contributed by atoms with Gasteiger partial charge in [-0.2, -0.15) is 5.10 Å². The highest BCUT2D eigenvalue weighted by molar-refractivity contribution is 5.95. The van der Waals surface area contributed by atoms with Crippen LogP contribution in [0.2, 0.25) is 0 Å². The monoisotopic (exact) mass is 306 g/mol. The lowest BCUT2D eigenvalue weighted by atomic mass is 10.0. The summed E-state index contributed by atoms with van der Waals surface area (Å²) in [6.45, 7) is 17.4. The van der Waals surface area contributed by atoms with Gasteiger partial charge in [0.15, 0.2) is 0 Å². The molecule has 1 aliphatic heterocycles. The van der Waals surface area contributed by atoms with Crippen LogP contribution in [0.25, 0.3) is 0 Å². The Kier molecular flexibility index (Phi) is 4.95. The summed E-state index contributed by atoms with van der Waals surface area (Å²) in [5, 5.41) is 4.51. The molecule has 0 saturated carbocycles. The molecule has 124 valence electrons. The van der Waals surface area contributed by atoms with Crippen LogP contribution in [0, 0.1) is 0 Å². The summed E-state index contributed by atoms with van der Waals surface area (Å²) < 4.78 is 2.01. The first-order valence-corrected chi connectivity index (χ1v) is 8.35. The van der Waals surface area contributed by atoms with Crippen LogP contribution in [-0.4, -0.2) is 58.2 Å². The SMILES string of the molecule is CCN1CCN(C(=O)c2cnn(C(C)(C)C)c2C(C)C)CC1. The summed E-state index contributed by atoms with van der Waals surface area (Å²) in [5.41, 5.74) is 1.71. The fraction of sp³-hybridized carbons (Fsp3) is 0.765. The van der Waals surface area contributed by atoms with Gasteiger partial charge in [0.05, 0.1) is 23.0 Å². The molecule has 5 heteroatoms. The Morgan fingerprint density at radius 2 is 1.82 bits per heavy atom. The summed E-state index contributed by atoms with van der Waals surface area (Å²) in [6.07, 6.45) is 1.76. The zero-order valence-electron chi connectivity index (χ0n) is 14.9. The van der Waals surface area contributed by atoms with Gasteiger partial charge >= 0.3 is 0 Å². The van der Waals surface area contributed by atoms with Crippen molar-refractivity contribution in [1.29, 1.82) is 0 Å².